The van der Waals surface area contributed by atoms with E-state index in [4.69, 9.17) is 11.6 Å². The smallest absolute Gasteiger partial charge is 0.253 e. The maximum absolute atomic E-state index is 12.1. The lowest BCUT2D eigenvalue weighted by Gasteiger charge is -2.18. The third-order valence-electron chi connectivity index (χ3n) is 3.16. The molecule has 1 rings (SSSR count). The number of hydrogen-bond acceptors (Lipinski definition) is 3. The number of hydrogen-bond donors (Lipinski definition) is 1. The third-order valence-corrected chi connectivity index (χ3v) is 4.68. The second kappa shape index (κ2) is 7.13. The average molecular weight is 333 g/mol. The molecule has 1 aromatic rings. The van der Waals surface area contributed by atoms with Gasteiger partial charge in [-0.3, -0.25) is 9.10 Å². The highest BCUT2D eigenvalue weighted by molar-refractivity contribution is 7.92. The Kier molecular flexibility index (Phi) is 6.04. The van der Waals surface area contributed by atoms with E-state index in [2.05, 4.69) is 5.32 Å². The molecule has 0 aliphatic rings. The SMILES string of the molecule is CCC[C@H](C)NC(=O)c1ccc(N(C)S(C)(=O)=O)cc1Cl. The fourth-order valence-corrected chi connectivity index (χ4v) is 2.64. The molecule has 1 N–H and O–H groups in total. The van der Waals surface area contributed by atoms with E-state index in [1.165, 1.54) is 19.2 Å². The summed E-state index contributed by atoms with van der Waals surface area (Å²) in [6.45, 7) is 3.98. The van der Waals surface area contributed by atoms with Crippen molar-refractivity contribution < 1.29 is 13.2 Å². The van der Waals surface area contributed by atoms with Crippen molar-refractivity contribution in [3.05, 3.63) is 28.8 Å². The molecule has 5 nitrogen and oxygen atoms in total. The molecule has 0 unspecified atom stereocenters. The number of amides is 1. The number of carbonyl (C=O) groups is 1. The summed E-state index contributed by atoms with van der Waals surface area (Å²) in [6, 6.07) is 4.64. The van der Waals surface area contributed by atoms with E-state index in [0.29, 0.717) is 11.3 Å². The first-order chi connectivity index (χ1) is 9.66. The number of sulfonamides is 1. The summed E-state index contributed by atoms with van der Waals surface area (Å²) in [4.78, 5) is 12.1. The predicted octanol–water partition coefficient (Wildman–Crippen LogP) is 2.65. The molecule has 0 saturated carbocycles. The Morgan fingerprint density at radius 3 is 2.52 bits per heavy atom. The lowest BCUT2D eigenvalue weighted by Crippen LogP contribution is -2.32. The second-order valence-electron chi connectivity index (χ2n) is 5.06. The van der Waals surface area contributed by atoms with Crippen molar-refractivity contribution >= 4 is 33.2 Å². The largest absolute Gasteiger partial charge is 0.350 e. The summed E-state index contributed by atoms with van der Waals surface area (Å²) in [6.07, 6.45) is 2.97. The van der Waals surface area contributed by atoms with Crippen LogP contribution in [0.1, 0.15) is 37.0 Å². The quantitative estimate of drug-likeness (QED) is 0.870. The fraction of sp³-hybridized carbons (Fsp3) is 0.500. The van der Waals surface area contributed by atoms with Crippen LogP contribution in [0.5, 0.6) is 0 Å². The van der Waals surface area contributed by atoms with Gasteiger partial charge in [0.1, 0.15) is 0 Å². The Labute approximate surface area is 131 Å². The van der Waals surface area contributed by atoms with Crippen LogP contribution in [-0.4, -0.2) is 33.7 Å². The molecule has 1 aromatic carbocycles. The molecule has 1 atom stereocenters. The maximum atomic E-state index is 12.1. The van der Waals surface area contributed by atoms with Gasteiger partial charge in [0.25, 0.3) is 5.91 Å². The van der Waals surface area contributed by atoms with Gasteiger partial charge in [-0.15, -0.1) is 0 Å². The van der Waals surface area contributed by atoms with Crippen molar-refractivity contribution in [2.24, 2.45) is 0 Å². The van der Waals surface area contributed by atoms with Crippen molar-refractivity contribution in [2.45, 2.75) is 32.7 Å². The number of benzene rings is 1. The van der Waals surface area contributed by atoms with Crippen molar-refractivity contribution in [3.8, 4) is 0 Å². The molecule has 0 heterocycles. The standard InChI is InChI=1S/C14H21ClN2O3S/c1-5-6-10(2)16-14(18)12-8-7-11(9-13(12)15)17(3)21(4,19)20/h7-10H,5-6H2,1-4H3,(H,16,18)/t10-/m0/s1. The van der Waals surface area contributed by atoms with E-state index < -0.39 is 10.0 Å². The van der Waals surface area contributed by atoms with Gasteiger partial charge in [-0.05, 0) is 31.5 Å². The molecule has 0 fully saturated rings. The minimum atomic E-state index is -3.36. The van der Waals surface area contributed by atoms with Gasteiger partial charge in [0.2, 0.25) is 10.0 Å². The zero-order chi connectivity index (χ0) is 16.2. The molecular weight excluding hydrogens is 312 g/mol. The Balaban J connectivity index is 2.96. The Morgan fingerprint density at radius 1 is 1.43 bits per heavy atom. The average Bonchev–Trinajstić information content (AvgIpc) is 2.36. The van der Waals surface area contributed by atoms with Gasteiger partial charge in [-0.2, -0.15) is 0 Å². The van der Waals surface area contributed by atoms with Crippen LogP contribution in [0, 0.1) is 0 Å². The molecule has 118 valence electrons. The number of rotatable bonds is 6. The molecule has 0 radical (unpaired) electrons. The minimum absolute atomic E-state index is 0.0666. The van der Waals surface area contributed by atoms with Crippen LogP contribution < -0.4 is 9.62 Å². The van der Waals surface area contributed by atoms with Crippen molar-refractivity contribution in [3.63, 3.8) is 0 Å². The van der Waals surface area contributed by atoms with Gasteiger partial charge < -0.3 is 5.32 Å². The number of halogens is 1. The van der Waals surface area contributed by atoms with E-state index in [9.17, 15) is 13.2 Å². The molecule has 0 bridgehead atoms. The molecule has 0 aliphatic carbocycles. The molecule has 1 amide bonds. The van der Waals surface area contributed by atoms with Gasteiger partial charge in [0.15, 0.2) is 0 Å². The molecule has 7 heteroatoms. The number of nitrogens with zero attached hydrogens (tertiary/aromatic N) is 1. The number of carbonyl (C=O) groups excluding carboxylic acids is 1. The van der Waals surface area contributed by atoms with Crippen LogP contribution in [0.4, 0.5) is 5.69 Å². The van der Waals surface area contributed by atoms with Crippen molar-refractivity contribution in [1.82, 2.24) is 5.32 Å². The van der Waals surface area contributed by atoms with Crippen LogP contribution in [0.25, 0.3) is 0 Å². The van der Waals surface area contributed by atoms with Gasteiger partial charge in [-0.1, -0.05) is 24.9 Å². The van der Waals surface area contributed by atoms with Crippen LogP contribution in [0.2, 0.25) is 5.02 Å². The van der Waals surface area contributed by atoms with E-state index >= 15 is 0 Å². The van der Waals surface area contributed by atoms with Crippen LogP contribution in [-0.2, 0) is 10.0 Å². The molecule has 0 spiro atoms. The second-order valence-corrected chi connectivity index (χ2v) is 7.48. The fourth-order valence-electron chi connectivity index (χ4n) is 1.88. The summed E-state index contributed by atoms with van der Waals surface area (Å²) in [5, 5.41) is 3.09. The van der Waals surface area contributed by atoms with Crippen LogP contribution in [0.15, 0.2) is 18.2 Å². The highest BCUT2D eigenvalue weighted by Gasteiger charge is 2.17. The van der Waals surface area contributed by atoms with Gasteiger partial charge >= 0.3 is 0 Å². The summed E-state index contributed by atoms with van der Waals surface area (Å²) >= 11 is 6.10. The lowest BCUT2D eigenvalue weighted by atomic mass is 10.1. The van der Waals surface area contributed by atoms with E-state index in [1.54, 1.807) is 6.07 Å². The summed E-state index contributed by atoms with van der Waals surface area (Å²) in [5.41, 5.74) is 0.755. The highest BCUT2D eigenvalue weighted by atomic mass is 35.5. The van der Waals surface area contributed by atoms with Gasteiger partial charge in [-0.25, -0.2) is 8.42 Å². The normalized spacial score (nSPS) is 12.8. The molecule has 0 aliphatic heterocycles. The van der Waals surface area contributed by atoms with Crippen molar-refractivity contribution in [1.29, 1.82) is 0 Å². The maximum Gasteiger partial charge on any atom is 0.253 e. The van der Waals surface area contributed by atoms with E-state index in [1.807, 2.05) is 13.8 Å². The van der Waals surface area contributed by atoms with E-state index in [-0.39, 0.29) is 17.0 Å². The molecule has 21 heavy (non-hydrogen) atoms. The molecule has 0 aromatic heterocycles. The van der Waals surface area contributed by atoms with Gasteiger partial charge in [0.05, 0.1) is 22.5 Å². The topological polar surface area (TPSA) is 66.5 Å². The first kappa shape index (κ1) is 17.8. The van der Waals surface area contributed by atoms with Crippen LogP contribution in [0.3, 0.4) is 0 Å². The zero-order valence-corrected chi connectivity index (χ0v) is 14.3. The first-order valence-electron chi connectivity index (χ1n) is 6.71. The molecule has 0 saturated heterocycles. The summed E-state index contributed by atoms with van der Waals surface area (Å²) in [7, 11) is -1.92. The lowest BCUT2D eigenvalue weighted by molar-refractivity contribution is 0.0938. The highest BCUT2D eigenvalue weighted by Crippen LogP contribution is 2.24. The monoisotopic (exact) mass is 332 g/mol. The zero-order valence-electron chi connectivity index (χ0n) is 12.7. The summed E-state index contributed by atoms with van der Waals surface area (Å²) in [5.74, 6) is -0.255. The third kappa shape index (κ3) is 4.89. The Morgan fingerprint density at radius 2 is 2.05 bits per heavy atom. The number of anilines is 1. The Bertz CT molecular complexity index is 617. The minimum Gasteiger partial charge on any atom is -0.350 e. The predicted molar refractivity (Wildman–Crippen MR) is 86.5 cm³/mol. The molecular formula is C14H21ClN2O3S. The van der Waals surface area contributed by atoms with Gasteiger partial charge in [0, 0.05) is 13.1 Å². The van der Waals surface area contributed by atoms with Crippen LogP contribution >= 0.6 is 11.6 Å². The summed E-state index contributed by atoms with van der Waals surface area (Å²) < 4.78 is 24.1. The first-order valence-corrected chi connectivity index (χ1v) is 8.93. The number of nitrogens with one attached hydrogen (secondary N) is 1. The Hall–Kier alpha value is -1.27. The van der Waals surface area contributed by atoms with E-state index in [0.717, 1.165) is 23.4 Å². The van der Waals surface area contributed by atoms with Crippen molar-refractivity contribution in [2.75, 3.05) is 17.6 Å².